The smallest absolute Gasteiger partial charge is 0.341 e. The number of nitrogens with one attached hydrogen (secondary N) is 1. The Morgan fingerprint density at radius 1 is 1.11 bits per heavy atom. The van der Waals surface area contributed by atoms with Crippen LogP contribution in [0.5, 0.6) is 0 Å². The van der Waals surface area contributed by atoms with Crippen molar-refractivity contribution in [1.82, 2.24) is 19.5 Å². The first-order valence-corrected chi connectivity index (χ1v) is 12.3. The lowest BCUT2D eigenvalue weighted by Crippen LogP contribution is -2.21. The van der Waals surface area contributed by atoms with Crippen molar-refractivity contribution in [2.45, 2.75) is 27.2 Å². The van der Waals surface area contributed by atoms with Crippen molar-refractivity contribution in [1.29, 1.82) is 0 Å². The predicted molar refractivity (Wildman–Crippen MR) is 139 cm³/mol. The summed E-state index contributed by atoms with van der Waals surface area (Å²) in [5.41, 5.74) is 4.11. The van der Waals surface area contributed by atoms with E-state index in [-0.39, 0.29) is 28.6 Å². The van der Waals surface area contributed by atoms with Gasteiger partial charge in [0.2, 0.25) is 0 Å². The monoisotopic (exact) mass is 505 g/mol. The number of carbonyl (C=O) groups excluding carboxylic acids is 3. The van der Waals surface area contributed by atoms with Gasteiger partial charge in [-0.25, -0.2) is 14.3 Å². The molecule has 0 bridgehead atoms. The number of thiophene rings is 1. The Morgan fingerprint density at radius 2 is 1.83 bits per heavy atom. The van der Waals surface area contributed by atoms with E-state index in [1.807, 2.05) is 44.2 Å². The van der Waals surface area contributed by atoms with Gasteiger partial charge >= 0.3 is 5.97 Å². The molecule has 3 aromatic heterocycles. The second-order valence-corrected chi connectivity index (χ2v) is 9.56. The van der Waals surface area contributed by atoms with Gasteiger partial charge in [-0.15, -0.1) is 11.3 Å². The molecule has 0 aliphatic heterocycles. The van der Waals surface area contributed by atoms with Crippen LogP contribution in [0.3, 0.4) is 0 Å². The molecule has 0 aliphatic carbocycles. The van der Waals surface area contributed by atoms with Crippen LogP contribution in [-0.4, -0.2) is 58.0 Å². The van der Waals surface area contributed by atoms with Crippen molar-refractivity contribution in [3.05, 3.63) is 69.9 Å². The molecule has 0 radical (unpaired) electrons. The molecule has 186 valence electrons. The number of rotatable bonds is 7. The zero-order valence-electron chi connectivity index (χ0n) is 20.8. The summed E-state index contributed by atoms with van der Waals surface area (Å²) in [6, 6.07) is 9.80. The zero-order chi connectivity index (χ0) is 26.0. The third-order valence-corrected chi connectivity index (χ3v) is 6.80. The third kappa shape index (κ3) is 4.72. The van der Waals surface area contributed by atoms with E-state index in [0.717, 1.165) is 28.2 Å². The van der Waals surface area contributed by atoms with Crippen LogP contribution < -0.4 is 5.32 Å². The normalized spacial score (nSPS) is 10.9. The third-order valence-electron chi connectivity index (χ3n) is 5.61. The highest BCUT2D eigenvalue weighted by Crippen LogP contribution is 2.35. The summed E-state index contributed by atoms with van der Waals surface area (Å²) >= 11 is 1.05. The summed E-state index contributed by atoms with van der Waals surface area (Å²) in [5, 5.41) is 7.44. The number of aryl methyl sites for hydroxylation is 1. The topological polar surface area (TPSA) is 106 Å². The van der Waals surface area contributed by atoms with Crippen LogP contribution in [0.2, 0.25) is 0 Å². The number of hydrogen-bond acceptors (Lipinski definition) is 7. The highest BCUT2D eigenvalue weighted by atomic mass is 32.1. The molecule has 3 heterocycles. The minimum absolute atomic E-state index is 0.178. The van der Waals surface area contributed by atoms with E-state index in [9.17, 15) is 14.4 Å². The van der Waals surface area contributed by atoms with Crippen LogP contribution in [0.25, 0.3) is 16.9 Å². The standard InChI is InChI=1S/C26H27N5O4S/c1-6-13-35-26(34)20-16(3)21(25(33)30(4)5)36-24(20)29-23(32)18-14-28-31-19(11-12-27-22(18)31)17-9-7-15(2)8-10-17/h7-12,14H,6,13H2,1-5H3,(H,29,32). The van der Waals surface area contributed by atoms with E-state index in [1.54, 1.807) is 31.7 Å². The second-order valence-electron chi connectivity index (χ2n) is 8.54. The van der Waals surface area contributed by atoms with Gasteiger partial charge in [-0.3, -0.25) is 9.59 Å². The molecule has 0 unspecified atom stereocenters. The molecule has 0 atom stereocenters. The maximum atomic E-state index is 13.3. The van der Waals surface area contributed by atoms with Crippen LogP contribution in [0.15, 0.2) is 42.7 Å². The molecular formula is C26H27N5O4S. The number of hydrogen-bond donors (Lipinski definition) is 1. The van der Waals surface area contributed by atoms with Crippen molar-refractivity contribution in [3.8, 4) is 11.3 Å². The lowest BCUT2D eigenvalue weighted by molar-refractivity contribution is 0.0506. The fourth-order valence-corrected chi connectivity index (χ4v) is 4.90. The Balaban J connectivity index is 1.72. The van der Waals surface area contributed by atoms with E-state index in [4.69, 9.17) is 4.74 Å². The fourth-order valence-electron chi connectivity index (χ4n) is 3.69. The number of amides is 2. The molecule has 1 N–H and O–H groups in total. The Morgan fingerprint density at radius 3 is 2.50 bits per heavy atom. The fraction of sp³-hybridized carbons (Fsp3) is 0.269. The van der Waals surface area contributed by atoms with Crippen LogP contribution in [0.4, 0.5) is 5.00 Å². The average molecular weight is 506 g/mol. The van der Waals surface area contributed by atoms with Gasteiger partial charge < -0.3 is 15.0 Å². The first-order chi connectivity index (χ1) is 17.2. The maximum Gasteiger partial charge on any atom is 0.341 e. The number of benzene rings is 1. The van der Waals surface area contributed by atoms with Crippen molar-refractivity contribution in [2.24, 2.45) is 0 Å². The lowest BCUT2D eigenvalue weighted by atomic mass is 10.1. The maximum absolute atomic E-state index is 13.3. The Labute approximate surface area is 212 Å². The summed E-state index contributed by atoms with van der Waals surface area (Å²) in [5.74, 6) is -1.34. The SMILES string of the molecule is CCCOC(=O)c1c(NC(=O)c2cnn3c(-c4ccc(C)cc4)ccnc23)sc(C(=O)N(C)C)c1C. The van der Waals surface area contributed by atoms with Crippen LogP contribution in [0, 0.1) is 13.8 Å². The minimum Gasteiger partial charge on any atom is -0.462 e. The molecule has 0 aliphatic rings. The zero-order valence-corrected chi connectivity index (χ0v) is 21.6. The Hall–Kier alpha value is -4.05. The molecule has 1 aromatic carbocycles. The van der Waals surface area contributed by atoms with E-state index >= 15 is 0 Å². The molecule has 0 saturated heterocycles. The van der Waals surface area contributed by atoms with Crippen molar-refractivity contribution >= 4 is 39.8 Å². The summed E-state index contributed by atoms with van der Waals surface area (Å²) in [7, 11) is 3.26. The van der Waals surface area contributed by atoms with Gasteiger partial charge in [0.05, 0.1) is 28.9 Å². The summed E-state index contributed by atoms with van der Waals surface area (Å²) in [6.45, 7) is 5.81. The number of nitrogens with zero attached hydrogens (tertiary/aromatic N) is 4. The highest BCUT2D eigenvalue weighted by Gasteiger charge is 2.28. The van der Waals surface area contributed by atoms with Gasteiger partial charge in [0.15, 0.2) is 5.65 Å². The van der Waals surface area contributed by atoms with Crippen LogP contribution in [0.1, 0.15) is 54.9 Å². The summed E-state index contributed by atoms with van der Waals surface area (Å²) in [4.78, 5) is 45.0. The predicted octanol–water partition coefficient (Wildman–Crippen LogP) is 4.60. The molecule has 4 aromatic rings. The molecule has 0 saturated carbocycles. The molecule has 9 nitrogen and oxygen atoms in total. The largest absolute Gasteiger partial charge is 0.462 e. The minimum atomic E-state index is -0.585. The van der Waals surface area contributed by atoms with E-state index in [1.165, 1.54) is 11.1 Å². The van der Waals surface area contributed by atoms with E-state index < -0.39 is 11.9 Å². The van der Waals surface area contributed by atoms with Crippen LogP contribution in [-0.2, 0) is 4.74 Å². The number of fused-ring (bicyclic) bond motifs is 1. The number of aromatic nitrogens is 3. The van der Waals surface area contributed by atoms with Crippen molar-refractivity contribution in [2.75, 3.05) is 26.0 Å². The van der Waals surface area contributed by atoms with Gasteiger partial charge in [-0.1, -0.05) is 36.8 Å². The van der Waals surface area contributed by atoms with Gasteiger partial charge in [0.1, 0.15) is 10.6 Å². The summed E-state index contributed by atoms with van der Waals surface area (Å²) in [6.07, 6.45) is 3.72. The highest BCUT2D eigenvalue weighted by molar-refractivity contribution is 7.18. The molecule has 10 heteroatoms. The lowest BCUT2D eigenvalue weighted by Gasteiger charge is -2.09. The van der Waals surface area contributed by atoms with Crippen molar-refractivity contribution < 1.29 is 19.1 Å². The quantitative estimate of drug-likeness (QED) is 0.368. The number of ether oxygens (including phenoxy) is 1. The first-order valence-electron chi connectivity index (χ1n) is 11.5. The molecule has 36 heavy (non-hydrogen) atoms. The number of esters is 1. The van der Waals surface area contributed by atoms with E-state index in [0.29, 0.717) is 22.5 Å². The molecular weight excluding hydrogens is 478 g/mol. The van der Waals surface area contributed by atoms with Crippen LogP contribution >= 0.6 is 11.3 Å². The van der Waals surface area contributed by atoms with Gasteiger partial charge in [-0.2, -0.15) is 5.10 Å². The van der Waals surface area contributed by atoms with Gasteiger partial charge in [-0.05, 0) is 31.9 Å². The number of anilines is 1. The van der Waals surface area contributed by atoms with Crippen molar-refractivity contribution in [3.63, 3.8) is 0 Å². The molecule has 4 rings (SSSR count). The Kier molecular flexibility index (Phi) is 7.16. The van der Waals surface area contributed by atoms with E-state index in [2.05, 4.69) is 15.4 Å². The van der Waals surface area contributed by atoms with Gasteiger partial charge in [0.25, 0.3) is 11.8 Å². The summed E-state index contributed by atoms with van der Waals surface area (Å²) < 4.78 is 6.94. The molecule has 0 fully saturated rings. The average Bonchev–Trinajstić information content (AvgIpc) is 3.43. The first kappa shape index (κ1) is 25.1. The molecule has 2 amide bonds. The van der Waals surface area contributed by atoms with Gasteiger partial charge in [0, 0.05) is 25.9 Å². The second kappa shape index (κ2) is 10.3. The number of carbonyl (C=O) groups is 3. The Bertz CT molecular complexity index is 1450. The molecule has 0 spiro atoms.